The van der Waals surface area contributed by atoms with Gasteiger partial charge in [-0.1, -0.05) is 101 Å². The maximum atomic E-state index is 12.4. The molecule has 3 nitrogen and oxygen atoms in total. The summed E-state index contributed by atoms with van der Waals surface area (Å²) in [7, 11) is 0. The molecule has 0 aliphatic heterocycles. The Morgan fingerprint density at radius 1 is 0.833 bits per heavy atom. The van der Waals surface area contributed by atoms with Crippen LogP contribution in [0.4, 0.5) is 5.13 Å². The smallest absolute Gasteiger partial charge is 0.250 e. The standard InChI is InChI=1S/C26H22N2OS/c1-18-8-13-21(14-9-18)24-25(22-15-10-19(2)11-16-22)30-26(28-24)27-23(29)17-12-20-6-4-3-5-7-20/h3-17H,1-2H3,(H,27,28,29). The average molecular weight is 411 g/mol. The Morgan fingerprint density at radius 2 is 1.43 bits per heavy atom. The van der Waals surface area contributed by atoms with Crippen LogP contribution in [-0.2, 0) is 4.79 Å². The monoisotopic (exact) mass is 410 g/mol. The van der Waals surface area contributed by atoms with E-state index in [1.807, 2.05) is 30.3 Å². The first-order valence-corrected chi connectivity index (χ1v) is 10.6. The molecule has 0 fully saturated rings. The van der Waals surface area contributed by atoms with Gasteiger partial charge in [0, 0.05) is 11.6 Å². The largest absolute Gasteiger partial charge is 0.298 e. The summed E-state index contributed by atoms with van der Waals surface area (Å²) in [5, 5.41) is 3.50. The predicted octanol–water partition coefficient (Wildman–Crippen LogP) is 6.75. The van der Waals surface area contributed by atoms with Crippen LogP contribution in [0.1, 0.15) is 16.7 Å². The van der Waals surface area contributed by atoms with Crippen LogP contribution >= 0.6 is 11.3 Å². The number of aryl methyl sites for hydroxylation is 2. The van der Waals surface area contributed by atoms with E-state index in [4.69, 9.17) is 4.98 Å². The molecule has 0 saturated heterocycles. The molecular formula is C26H22N2OS. The van der Waals surface area contributed by atoms with Gasteiger partial charge < -0.3 is 0 Å². The zero-order valence-corrected chi connectivity index (χ0v) is 17.7. The van der Waals surface area contributed by atoms with Crippen molar-refractivity contribution in [2.24, 2.45) is 0 Å². The molecule has 0 saturated carbocycles. The Hall–Kier alpha value is -3.50. The highest BCUT2D eigenvalue weighted by Gasteiger charge is 2.16. The maximum Gasteiger partial charge on any atom is 0.250 e. The number of carbonyl (C=O) groups is 1. The minimum atomic E-state index is -0.196. The van der Waals surface area contributed by atoms with Crippen LogP contribution in [0.25, 0.3) is 27.8 Å². The summed E-state index contributed by atoms with van der Waals surface area (Å²) in [5.41, 5.74) is 6.39. The minimum absolute atomic E-state index is 0.196. The summed E-state index contributed by atoms with van der Waals surface area (Å²) >= 11 is 1.49. The van der Waals surface area contributed by atoms with Gasteiger partial charge in [0.25, 0.3) is 0 Å². The Morgan fingerprint density at radius 3 is 2.07 bits per heavy atom. The van der Waals surface area contributed by atoms with Gasteiger partial charge in [0.1, 0.15) is 0 Å². The van der Waals surface area contributed by atoms with E-state index in [2.05, 4.69) is 67.7 Å². The second kappa shape index (κ2) is 8.89. The number of carbonyl (C=O) groups excluding carboxylic acids is 1. The molecule has 3 aromatic carbocycles. The van der Waals surface area contributed by atoms with Crippen LogP contribution in [0.2, 0.25) is 0 Å². The SMILES string of the molecule is Cc1ccc(-c2nc(NC(=O)C=Cc3ccccc3)sc2-c2ccc(C)cc2)cc1. The van der Waals surface area contributed by atoms with Gasteiger partial charge in [-0.25, -0.2) is 4.98 Å². The molecule has 1 amide bonds. The summed E-state index contributed by atoms with van der Waals surface area (Å²) < 4.78 is 0. The van der Waals surface area contributed by atoms with Crippen LogP contribution < -0.4 is 5.32 Å². The van der Waals surface area contributed by atoms with E-state index in [0.717, 1.165) is 27.3 Å². The van der Waals surface area contributed by atoms with Crippen LogP contribution in [0.15, 0.2) is 84.9 Å². The van der Waals surface area contributed by atoms with E-state index < -0.39 is 0 Å². The van der Waals surface area contributed by atoms with Crippen LogP contribution in [0.5, 0.6) is 0 Å². The van der Waals surface area contributed by atoms with Crippen LogP contribution in [-0.4, -0.2) is 10.9 Å². The predicted molar refractivity (Wildman–Crippen MR) is 127 cm³/mol. The van der Waals surface area contributed by atoms with Gasteiger partial charge in [0.05, 0.1) is 10.6 Å². The fourth-order valence-corrected chi connectivity index (χ4v) is 4.06. The third kappa shape index (κ3) is 4.73. The fourth-order valence-electron chi connectivity index (χ4n) is 3.06. The Labute approximate surface area is 180 Å². The number of nitrogens with zero attached hydrogens (tertiary/aromatic N) is 1. The second-order valence-electron chi connectivity index (χ2n) is 7.16. The molecule has 1 heterocycles. The van der Waals surface area contributed by atoms with Gasteiger partial charge in [0.2, 0.25) is 5.91 Å². The van der Waals surface area contributed by atoms with E-state index >= 15 is 0 Å². The van der Waals surface area contributed by atoms with Crippen molar-refractivity contribution in [2.45, 2.75) is 13.8 Å². The molecule has 4 heteroatoms. The number of anilines is 1. The third-order valence-electron chi connectivity index (χ3n) is 4.72. The fraction of sp³-hybridized carbons (Fsp3) is 0.0769. The first-order chi connectivity index (χ1) is 14.6. The van der Waals surface area contributed by atoms with Crippen molar-refractivity contribution in [3.63, 3.8) is 0 Å². The molecule has 30 heavy (non-hydrogen) atoms. The lowest BCUT2D eigenvalue weighted by Gasteiger charge is -2.04. The molecule has 0 spiro atoms. The first-order valence-electron chi connectivity index (χ1n) is 9.77. The second-order valence-corrected chi connectivity index (χ2v) is 8.16. The number of hydrogen-bond donors (Lipinski definition) is 1. The van der Waals surface area contributed by atoms with E-state index in [1.54, 1.807) is 6.08 Å². The first kappa shape index (κ1) is 19.8. The molecule has 1 aromatic heterocycles. The molecule has 148 valence electrons. The number of benzene rings is 3. The van der Waals surface area contributed by atoms with E-state index in [9.17, 15) is 4.79 Å². The Kier molecular flexibility index (Phi) is 5.87. The quantitative estimate of drug-likeness (QED) is 0.370. The number of rotatable bonds is 5. The minimum Gasteiger partial charge on any atom is -0.298 e. The molecule has 4 aromatic rings. The Bertz CT molecular complexity index is 1110. The highest BCUT2D eigenvalue weighted by molar-refractivity contribution is 7.19. The molecule has 0 aliphatic rings. The van der Waals surface area contributed by atoms with Crippen molar-refractivity contribution >= 4 is 28.5 Å². The lowest BCUT2D eigenvalue weighted by atomic mass is 10.0. The van der Waals surface area contributed by atoms with Gasteiger partial charge in [-0.15, -0.1) is 0 Å². The van der Waals surface area contributed by atoms with Crippen molar-refractivity contribution < 1.29 is 4.79 Å². The van der Waals surface area contributed by atoms with E-state index in [-0.39, 0.29) is 5.91 Å². The van der Waals surface area contributed by atoms with Crippen molar-refractivity contribution in [3.8, 4) is 21.7 Å². The highest BCUT2D eigenvalue weighted by Crippen LogP contribution is 2.39. The molecule has 0 bridgehead atoms. The van der Waals surface area contributed by atoms with Crippen molar-refractivity contribution in [1.29, 1.82) is 0 Å². The van der Waals surface area contributed by atoms with Gasteiger partial charge in [-0.3, -0.25) is 10.1 Å². The summed E-state index contributed by atoms with van der Waals surface area (Å²) in [6, 6.07) is 26.4. The van der Waals surface area contributed by atoms with Crippen molar-refractivity contribution in [1.82, 2.24) is 4.98 Å². The third-order valence-corrected chi connectivity index (χ3v) is 5.74. The average Bonchev–Trinajstić information content (AvgIpc) is 3.17. The molecule has 4 rings (SSSR count). The number of aromatic nitrogens is 1. The highest BCUT2D eigenvalue weighted by atomic mass is 32.1. The molecule has 1 N–H and O–H groups in total. The van der Waals surface area contributed by atoms with Crippen molar-refractivity contribution in [2.75, 3.05) is 5.32 Å². The molecule has 0 aliphatic carbocycles. The summed E-state index contributed by atoms with van der Waals surface area (Å²) in [4.78, 5) is 18.2. The number of thiazole rings is 1. The zero-order chi connectivity index (χ0) is 20.9. The van der Waals surface area contributed by atoms with Gasteiger partial charge in [-0.2, -0.15) is 0 Å². The number of amides is 1. The van der Waals surface area contributed by atoms with Gasteiger partial charge >= 0.3 is 0 Å². The lowest BCUT2D eigenvalue weighted by Crippen LogP contribution is -2.07. The zero-order valence-electron chi connectivity index (χ0n) is 16.9. The van der Waals surface area contributed by atoms with Crippen molar-refractivity contribution in [3.05, 3.63) is 102 Å². The normalized spacial score (nSPS) is 11.0. The lowest BCUT2D eigenvalue weighted by molar-refractivity contribution is -0.111. The van der Waals surface area contributed by atoms with Gasteiger partial charge in [0.15, 0.2) is 5.13 Å². The van der Waals surface area contributed by atoms with Crippen LogP contribution in [0.3, 0.4) is 0 Å². The summed E-state index contributed by atoms with van der Waals surface area (Å²) in [5.74, 6) is -0.196. The van der Waals surface area contributed by atoms with Gasteiger partial charge in [-0.05, 0) is 31.1 Å². The Balaban J connectivity index is 1.64. The molecule has 0 radical (unpaired) electrons. The summed E-state index contributed by atoms with van der Waals surface area (Å²) in [6.07, 6.45) is 3.33. The molecule has 0 unspecified atom stereocenters. The van der Waals surface area contributed by atoms with Crippen LogP contribution in [0, 0.1) is 13.8 Å². The topological polar surface area (TPSA) is 42.0 Å². The van der Waals surface area contributed by atoms with E-state index in [1.165, 1.54) is 28.5 Å². The maximum absolute atomic E-state index is 12.4. The summed E-state index contributed by atoms with van der Waals surface area (Å²) in [6.45, 7) is 4.14. The number of nitrogens with one attached hydrogen (secondary N) is 1. The van der Waals surface area contributed by atoms with E-state index in [0.29, 0.717) is 5.13 Å². The number of hydrogen-bond acceptors (Lipinski definition) is 3. The molecule has 0 atom stereocenters. The molecular weight excluding hydrogens is 388 g/mol.